The molecule has 2 rings (SSSR count). The van der Waals surface area contributed by atoms with Crippen molar-refractivity contribution in [3.63, 3.8) is 0 Å². The van der Waals surface area contributed by atoms with E-state index >= 15 is 0 Å². The molecule has 0 saturated carbocycles. The van der Waals surface area contributed by atoms with Gasteiger partial charge in [-0.1, -0.05) is 23.7 Å². The average Bonchev–Trinajstić information content (AvgIpc) is 3.03. The smallest absolute Gasteiger partial charge is 0.228 e. The van der Waals surface area contributed by atoms with Crippen molar-refractivity contribution in [3.05, 3.63) is 34.9 Å². The molecular formula is C18H27ClN2O2. The number of nitrogens with zero attached hydrogens (tertiary/aromatic N) is 1. The number of carbonyl (C=O) groups excluding carboxylic acids is 1. The van der Waals surface area contributed by atoms with Gasteiger partial charge in [-0.15, -0.1) is 0 Å². The number of amides is 1. The van der Waals surface area contributed by atoms with E-state index in [0.29, 0.717) is 13.2 Å². The Labute approximate surface area is 144 Å². The van der Waals surface area contributed by atoms with Crippen LogP contribution in [-0.4, -0.2) is 44.2 Å². The summed E-state index contributed by atoms with van der Waals surface area (Å²) >= 11 is 6.00. The number of nitrogens with one attached hydrogen (secondary N) is 1. The first-order valence-corrected chi connectivity index (χ1v) is 8.58. The Hall–Kier alpha value is -1.10. The van der Waals surface area contributed by atoms with Gasteiger partial charge in [-0.2, -0.15) is 0 Å². The fourth-order valence-electron chi connectivity index (χ4n) is 3.05. The Morgan fingerprint density at radius 3 is 2.48 bits per heavy atom. The van der Waals surface area contributed by atoms with Gasteiger partial charge in [-0.25, -0.2) is 0 Å². The Morgan fingerprint density at radius 1 is 1.30 bits per heavy atom. The second kappa shape index (κ2) is 8.13. The van der Waals surface area contributed by atoms with Gasteiger partial charge in [0.15, 0.2) is 0 Å². The number of carbonyl (C=O) groups is 1. The number of ether oxygens (including phenoxy) is 1. The van der Waals surface area contributed by atoms with Crippen molar-refractivity contribution in [3.8, 4) is 0 Å². The predicted molar refractivity (Wildman–Crippen MR) is 93.7 cm³/mol. The van der Waals surface area contributed by atoms with Gasteiger partial charge in [0, 0.05) is 18.7 Å². The zero-order valence-electron chi connectivity index (χ0n) is 14.3. The Morgan fingerprint density at radius 2 is 1.91 bits per heavy atom. The standard InChI is InChI=1S/C18H27ClN2O2/c1-18(2,13-23-3)17(22)20-12-16(21-10-4-5-11-21)14-6-8-15(19)9-7-14/h6-9,16H,4-5,10-13H2,1-3H3,(H,20,22). The summed E-state index contributed by atoms with van der Waals surface area (Å²) in [6.07, 6.45) is 2.43. The molecule has 1 amide bonds. The Kier molecular flexibility index (Phi) is 6.45. The van der Waals surface area contributed by atoms with Crippen molar-refractivity contribution in [1.29, 1.82) is 0 Å². The molecule has 1 aromatic carbocycles. The van der Waals surface area contributed by atoms with E-state index in [1.165, 1.54) is 18.4 Å². The maximum atomic E-state index is 12.4. The van der Waals surface area contributed by atoms with Crippen LogP contribution in [0.5, 0.6) is 0 Å². The van der Waals surface area contributed by atoms with E-state index in [2.05, 4.69) is 22.3 Å². The SMILES string of the molecule is COCC(C)(C)C(=O)NCC(c1ccc(Cl)cc1)N1CCCC1. The maximum Gasteiger partial charge on any atom is 0.228 e. The molecule has 1 N–H and O–H groups in total. The third kappa shape index (κ3) is 4.93. The molecule has 4 nitrogen and oxygen atoms in total. The zero-order chi connectivity index (χ0) is 16.9. The highest BCUT2D eigenvalue weighted by molar-refractivity contribution is 6.30. The van der Waals surface area contributed by atoms with Crippen molar-refractivity contribution < 1.29 is 9.53 Å². The van der Waals surface area contributed by atoms with Crippen LogP contribution in [0.2, 0.25) is 5.02 Å². The predicted octanol–water partition coefficient (Wildman–Crippen LogP) is 3.27. The van der Waals surface area contributed by atoms with Crippen LogP contribution in [-0.2, 0) is 9.53 Å². The molecule has 1 saturated heterocycles. The molecule has 1 aromatic rings. The van der Waals surface area contributed by atoms with Gasteiger partial charge in [0.2, 0.25) is 5.91 Å². The molecule has 0 aliphatic carbocycles. The molecule has 1 fully saturated rings. The van der Waals surface area contributed by atoms with Gasteiger partial charge in [0.25, 0.3) is 0 Å². The third-order valence-corrected chi connectivity index (χ3v) is 4.66. The second-order valence-corrected chi connectivity index (χ2v) is 7.27. The Balaban J connectivity index is 2.06. The lowest BCUT2D eigenvalue weighted by Crippen LogP contribution is -2.44. The summed E-state index contributed by atoms with van der Waals surface area (Å²) in [6, 6.07) is 8.13. The van der Waals surface area contributed by atoms with Crippen molar-refractivity contribution in [1.82, 2.24) is 10.2 Å². The van der Waals surface area contributed by atoms with Gasteiger partial charge in [0.1, 0.15) is 0 Å². The molecular weight excluding hydrogens is 312 g/mol. The summed E-state index contributed by atoms with van der Waals surface area (Å²) in [6.45, 7) is 6.97. The van der Waals surface area contributed by atoms with Gasteiger partial charge in [0.05, 0.1) is 18.1 Å². The zero-order valence-corrected chi connectivity index (χ0v) is 15.0. The number of rotatable bonds is 7. The lowest BCUT2D eigenvalue weighted by Gasteiger charge is -2.30. The van der Waals surface area contributed by atoms with E-state index in [-0.39, 0.29) is 11.9 Å². The molecule has 1 atom stereocenters. The molecule has 1 unspecified atom stereocenters. The van der Waals surface area contributed by atoms with Crippen molar-refractivity contribution in [2.75, 3.05) is 33.4 Å². The molecule has 0 bridgehead atoms. The quantitative estimate of drug-likeness (QED) is 0.829. The number of hydrogen-bond donors (Lipinski definition) is 1. The lowest BCUT2D eigenvalue weighted by molar-refractivity contribution is -0.132. The van der Waals surface area contributed by atoms with E-state index in [1.54, 1.807) is 7.11 Å². The minimum atomic E-state index is -0.524. The lowest BCUT2D eigenvalue weighted by atomic mass is 9.93. The highest BCUT2D eigenvalue weighted by Crippen LogP contribution is 2.26. The second-order valence-electron chi connectivity index (χ2n) is 6.84. The number of benzene rings is 1. The van der Waals surface area contributed by atoms with Gasteiger partial charge >= 0.3 is 0 Å². The summed E-state index contributed by atoms with van der Waals surface area (Å²) in [5.74, 6) is 0.0255. The van der Waals surface area contributed by atoms with Crippen LogP contribution in [0.25, 0.3) is 0 Å². The average molecular weight is 339 g/mol. The molecule has 0 aromatic heterocycles. The molecule has 0 spiro atoms. The first-order chi connectivity index (χ1) is 10.9. The van der Waals surface area contributed by atoms with Crippen molar-refractivity contribution in [2.45, 2.75) is 32.7 Å². The summed E-state index contributed by atoms with van der Waals surface area (Å²) in [5, 5.41) is 3.84. The molecule has 128 valence electrons. The van der Waals surface area contributed by atoms with Gasteiger partial charge in [-0.05, 0) is 57.5 Å². The largest absolute Gasteiger partial charge is 0.384 e. The molecule has 1 aliphatic rings. The minimum absolute atomic E-state index is 0.0255. The topological polar surface area (TPSA) is 41.6 Å². The van der Waals surface area contributed by atoms with Crippen LogP contribution in [0.4, 0.5) is 0 Å². The number of likely N-dealkylation sites (tertiary alicyclic amines) is 1. The van der Waals surface area contributed by atoms with Gasteiger partial charge in [-0.3, -0.25) is 9.69 Å². The molecule has 0 radical (unpaired) electrons. The number of halogens is 1. The van der Waals surface area contributed by atoms with E-state index in [0.717, 1.165) is 18.1 Å². The van der Waals surface area contributed by atoms with Crippen LogP contribution in [0.15, 0.2) is 24.3 Å². The van der Waals surface area contributed by atoms with Crippen LogP contribution in [0, 0.1) is 5.41 Å². The summed E-state index contributed by atoms with van der Waals surface area (Å²) < 4.78 is 5.15. The van der Waals surface area contributed by atoms with E-state index < -0.39 is 5.41 Å². The van der Waals surface area contributed by atoms with Crippen LogP contribution >= 0.6 is 11.6 Å². The van der Waals surface area contributed by atoms with Crippen LogP contribution in [0.3, 0.4) is 0 Å². The number of hydrogen-bond acceptors (Lipinski definition) is 3. The normalized spacial score (nSPS) is 17.2. The van der Waals surface area contributed by atoms with Gasteiger partial charge < -0.3 is 10.1 Å². The molecule has 5 heteroatoms. The fraction of sp³-hybridized carbons (Fsp3) is 0.611. The highest BCUT2D eigenvalue weighted by Gasteiger charge is 2.29. The maximum absolute atomic E-state index is 12.4. The summed E-state index contributed by atoms with van der Waals surface area (Å²) in [4.78, 5) is 14.9. The van der Waals surface area contributed by atoms with Crippen LogP contribution < -0.4 is 5.32 Å². The highest BCUT2D eigenvalue weighted by atomic mass is 35.5. The molecule has 23 heavy (non-hydrogen) atoms. The third-order valence-electron chi connectivity index (χ3n) is 4.41. The van der Waals surface area contributed by atoms with Crippen molar-refractivity contribution >= 4 is 17.5 Å². The minimum Gasteiger partial charge on any atom is -0.384 e. The number of methoxy groups -OCH3 is 1. The molecule has 1 heterocycles. The van der Waals surface area contributed by atoms with Crippen molar-refractivity contribution in [2.24, 2.45) is 5.41 Å². The fourth-order valence-corrected chi connectivity index (χ4v) is 3.18. The van der Waals surface area contributed by atoms with E-state index in [4.69, 9.17) is 16.3 Å². The van der Waals surface area contributed by atoms with Crippen LogP contribution in [0.1, 0.15) is 38.3 Å². The summed E-state index contributed by atoms with van der Waals surface area (Å²) in [7, 11) is 1.62. The summed E-state index contributed by atoms with van der Waals surface area (Å²) in [5.41, 5.74) is 0.672. The van der Waals surface area contributed by atoms with E-state index in [9.17, 15) is 4.79 Å². The first kappa shape index (κ1) is 18.2. The monoisotopic (exact) mass is 338 g/mol. The molecule has 1 aliphatic heterocycles. The van der Waals surface area contributed by atoms with E-state index in [1.807, 2.05) is 26.0 Å². The first-order valence-electron chi connectivity index (χ1n) is 8.21. The Bertz CT molecular complexity index is 510.